The van der Waals surface area contributed by atoms with Crippen LogP contribution in [0, 0.1) is 0 Å². The quantitative estimate of drug-likeness (QED) is 0.726. The second kappa shape index (κ2) is 7.07. The number of carbonyl (C=O) groups is 1. The van der Waals surface area contributed by atoms with Crippen molar-refractivity contribution in [2.75, 3.05) is 7.05 Å². The number of nitrogens with zero attached hydrogens (tertiary/aromatic N) is 1. The lowest BCUT2D eigenvalue weighted by Crippen LogP contribution is -2.25. The molecular formula is C12H18BrNOS. The Balaban J connectivity index is 2.34. The monoisotopic (exact) mass is 303 g/mol. The molecule has 0 aromatic carbocycles. The fourth-order valence-corrected chi connectivity index (χ4v) is 2.71. The molecule has 1 aromatic heterocycles. The third-order valence-electron chi connectivity index (χ3n) is 2.46. The van der Waals surface area contributed by atoms with Gasteiger partial charge in [0.1, 0.15) is 0 Å². The van der Waals surface area contributed by atoms with Gasteiger partial charge in [0, 0.05) is 20.0 Å². The van der Waals surface area contributed by atoms with Crippen LogP contribution in [0.3, 0.4) is 0 Å². The Morgan fingerprint density at radius 2 is 2.25 bits per heavy atom. The first kappa shape index (κ1) is 13.7. The van der Waals surface area contributed by atoms with Gasteiger partial charge in [-0.25, -0.2) is 0 Å². The standard InChI is InChI=1S/C12H18BrNOS/c1-3-4-5-6-12(15)14(2)8-10-7-11(13)16-9-10/h7,9H,3-6,8H2,1-2H3. The number of rotatable bonds is 6. The Labute approximate surface area is 110 Å². The van der Waals surface area contributed by atoms with E-state index < -0.39 is 0 Å². The number of carbonyl (C=O) groups excluding carboxylic acids is 1. The molecule has 0 saturated heterocycles. The Morgan fingerprint density at radius 1 is 1.50 bits per heavy atom. The zero-order valence-corrected chi connectivity index (χ0v) is 12.2. The van der Waals surface area contributed by atoms with Gasteiger partial charge in [0.25, 0.3) is 0 Å². The first-order chi connectivity index (χ1) is 7.63. The molecule has 0 bridgehead atoms. The van der Waals surface area contributed by atoms with Gasteiger partial charge in [-0.05, 0) is 39.4 Å². The molecule has 0 unspecified atom stereocenters. The van der Waals surface area contributed by atoms with Crippen LogP contribution in [0.2, 0.25) is 0 Å². The predicted molar refractivity (Wildman–Crippen MR) is 72.6 cm³/mol. The van der Waals surface area contributed by atoms with E-state index in [2.05, 4.69) is 34.3 Å². The van der Waals surface area contributed by atoms with Gasteiger partial charge >= 0.3 is 0 Å². The molecule has 4 heteroatoms. The molecule has 0 N–H and O–H groups in total. The van der Waals surface area contributed by atoms with Crippen molar-refractivity contribution in [1.29, 1.82) is 0 Å². The lowest BCUT2D eigenvalue weighted by atomic mass is 10.2. The highest BCUT2D eigenvalue weighted by Crippen LogP contribution is 2.21. The maximum absolute atomic E-state index is 11.7. The minimum atomic E-state index is 0.246. The van der Waals surface area contributed by atoms with E-state index in [9.17, 15) is 4.79 Å². The Morgan fingerprint density at radius 3 is 2.81 bits per heavy atom. The van der Waals surface area contributed by atoms with Gasteiger partial charge in [0.15, 0.2) is 0 Å². The minimum Gasteiger partial charge on any atom is -0.341 e. The van der Waals surface area contributed by atoms with Crippen LogP contribution < -0.4 is 0 Å². The highest BCUT2D eigenvalue weighted by atomic mass is 79.9. The van der Waals surface area contributed by atoms with Gasteiger partial charge in [0.05, 0.1) is 3.79 Å². The van der Waals surface area contributed by atoms with Gasteiger partial charge in [-0.3, -0.25) is 4.79 Å². The Hall–Kier alpha value is -0.350. The first-order valence-corrected chi connectivity index (χ1v) is 7.27. The number of halogens is 1. The molecule has 0 saturated carbocycles. The summed E-state index contributed by atoms with van der Waals surface area (Å²) in [6.45, 7) is 2.87. The Bertz CT molecular complexity index is 338. The SMILES string of the molecule is CCCCCC(=O)N(C)Cc1csc(Br)c1. The van der Waals surface area contributed by atoms with Crippen LogP contribution in [-0.2, 0) is 11.3 Å². The summed E-state index contributed by atoms with van der Waals surface area (Å²) < 4.78 is 1.12. The number of thiophene rings is 1. The van der Waals surface area contributed by atoms with E-state index in [1.807, 2.05) is 11.9 Å². The van der Waals surface area contributed by atoms with Crippen molar-refractivity contribution in [2.45, 2.75) is 39.2 Å². The summed E-state index contributed by atoms with van der Waals surface area (Å²) in [5, 5.41) is 2.08. The molecule has 90 valence electrons. The molecule has 16 heavy (non-hydrogen) atoms. The molecule has 0 aliphatic heterocycles. The fraction of sp³-hybridized carbons (Fsp3) is 0.583. The van der Waals surface area contributed by atoms with Crippen LogP contribution in [-0.4, -0.2) is 17.9 Å². The average Bonchev–Trinajstić information content (AvgIpc) is 2.64. The predicted octanol–water partition coefficient (Wildman–Crippen LogP) is 4.05. The van der Waals surface area contributed by atoms with E-state index >= 15 is 0 Å². The lowest BCUT2D eigenvalue weighted by Gasteiger charge is -2.16. The van der Waals surface area contributed by atoms with Crippen molar-refractivity contribution in [1.82, 2.24) is 4.90 Å². The first-order valence-electron chi connectivity index (χ1n) is 5.60. The van der Waals surface area contributed by atoms with Crippen LogP contribution in [0.25, 0.3) is 0 Å². The molecule has 1 amide bonds. The lowest BCUT2D eigenvalue weighted by molar-refractivity contribution is -0.130. The van der Waals surface area contributed by atoms with Crippen LogP contribution in [0.1, 0.15) is 38.2 Å². The molecule has 1 aromatic rings. The molecule has 1 heterocycles. The summed E-state index contributed by atoms with van der Waals surface area (Å²) in [7, 11) is 1.87. The largest absolute Gasteiger partial charge is 0.341 e. The fourth-order valence-electron chi connectivity index (χ4n) is 1.51. The van der Waals surface area contributed by atoms with E-state index in [1.54, 1.807) is 11.3 Å². The third kappa shape index (κ3) is 4.66. The van der Waals surface area contributed by atoms with Crippen LogP contribution in [0.5, 0.6) is 0 Å². The molecule has 0 aliphatic carbocycles. The summed E-state index contributed by atoms with van der Waals surface area (Å²) >= 11 is 5.08. The number of hydrogen-bond acceptors (Lipinski definition) is 2. The summed E-state index contributed by atoms with van der Waals surface area (Å²) in [6.07, 6.45) is 3.99. The van der Waals surface area contributed by atoms with Crippen LogP contribution in [0.4, 0.5) is 0 Å². The summed E-state index contributed by atoms with van der Waals surface area (Å²) in [6, 6.07) is 2.07. The number of hydrogen-bond donors (Lipinski definition) is 0. The van der Waals surface area contributed by atoms with Crippen molar-refractivity contribution in [2.24, 2.45) is 0 Å². The molecular weight excluding hydrogens is 286 g/mol. The summed E-state index contributed by atoms with van der Waals surface area (Å²) in [4.78, 5) is 13.6. The average molecular weight is 304 g/mol. The maximum atomic E-state index is 11.7. The Kier molecular flexibility index (Phi) is 6.06. The van der Waals surface area contributed by atoms with E-state index in [0.717, 1.165) is 23.0 Å². The topological polar surface area (TPSA) is 20.3 Å². The molecule has 0 aliphatic rings. The van der Waals surface area contributed by atoms with Crippen molar-refractivity contribution in [3.63, 3.8) is 0 Å². The second-order valence-electron chi connectivity index (χ2n) is 3.97. The van der Waals surface area contributed by atoms with Gasteiger partial charge < -0.3 is 4.90 Å². The highest BCUT2D eigenvalue weighted by Gasteiger charge is 2.09. The molecule has 0 fully saturated rings. The van der Waals surface area contributed by atoms with Crippen molar-refractivity contribution in [3.8, 4) is 0 Å². The third-order valence-corrected chi connectivity index (χ3v) is 4.01. The van der Waals surface area contributed by atoms with E-state index in [4.69, 9.17) is 0 Å². The number of unbranched alkanes of at least 4 members (excludes halogenated alkanes) is 2. The van der Waals surface area contributed by atoms with E-state index in [-0.39, 0.29) is 5.91 Å². The molecule has 2 nitrogen and oxygen atoms in total. The minimum absolute atomic E-state index is 0.246. The zero-order valence-electron chi connectivity index (χ0n) is 9.83. The molecule has 0 radical (unpaired) electrons. The van der Waals surface area contributed by atoms with Crippen LogP contribution >= 0.6 is 27.3 Å². The summed E-state index contributed by atoms with van der Waals surface area (Å²) in [5.74, 6) is 0.246. The van der Waals surface area contributed by atoms with Gasteiger partial charge in [-0.1, -0.05) is 19.8 Å². The van der Waals surface area contributed by atoms with Crippen LogP contribution in [0.15, 0.2) is 15.2 Å². The van der Waals surface area contributed by atoms with Gasteiger partial charge in [0.2, 0.25) is 5.91 Å². The number of amides is 1. The van der Waals surface area contributed by atoms with Crippen molar-refractivity contribution in [3.05, 3.63) is 20.8 Å². The zero-order chi connectivity index (χ0) is 12.0. The molecule has 0 spiro atoms. The van der Waals surface area contributed by atoms with Crippen molar-refractivity contribution < 1.29 is 4.79 Å². The summed E-state index contributed by atoms with van der Waals surface area (Å²) in [5.41, 5.74) is 1.20. The smallest absolute Gasteiger partial charge is 0.222 e. The molecule has 1 rings (SSSR count). The maximum Gasteiger partial charge on any atom is 0.222 e. The van der Waals surface area contributed by atoms with Gasteiger partial charge in [-0.15, -0.1) is 11.3 Å². The normalized spacial score (nSPS) is 10.4. The van der Waals surface area contributed by atoms with E-state index in [0.29, 0.717) is 13.0 Å². The highest BCUT2D eigenvalue weighted by molar-refractivity contribution is 9.11. The van der Waals surface area contributed by atoms with Crippen molar-refractivity contribution >= 4 is 33.2 Å². The molecule has 0 atom stereocenters. The van der Waals surface area contributed by atoms with E-state index in [1.165, 1.54) is 5.56 Å². The van der Waals surface area contributed by atoms with Gasteiger partial charge in [-0.2, -0.15) is 0 Å². The second-order valence-corrected chi connectivity index (χ2v) is 6.26.